The zero-order valence-electron chi connectivity index (χ0n) is 15.0. The molecule has 2 heterocycles. The first-order chi connectivity index (χ1) is 13.5. The van der Waals surface area contributed by atoms with Crippen LogP contribution in [0.4, 0.5) is 5.69 Å². The smallest absolute Gasteiger partial charge is 0.237 e. The topological polar surface area (TPSA) is 72.7 Å². The molecular formula is C19H17Cl2N5OS. The monoisotopic (exact) mass is 433 g/mol. The summed E-state index contributed by atoms with van der Waals surface area (Å²) in [6.45, 7) is 6.10. The molecule has 6 nitrogen and oxygen atoms in total. The Morgan fingerprint density at radius 3 is 2.75 bits per heavy atom. The van der Waals surface area contributed by atoms with Crippen molar-refractivity contribution in [1.82, 2.24) is 19.7 Å². The molecule has 28 heavy (non-hydrogen) atoms. The summed E-state index contributed by atoms with van der Waals surface area (Å²) in [6, 6.07) is 8.63. The Labute approximate surface area is 177 Å². The van der Waals surface area contributed by atoms with Crippen molar-refractivity contribution in [2.75, 3.05) is 5.32 Å². The Balaban J connectivity index is 1.79. The molecule has 0 aliphatic rings. The number of anilines is 1. The molecule has 0 bridgehead atoms. The Bertz CT molecular complexity index is 993. The van der Waals surface area contributed by atoms with Crippen LogP contribution >= 0.6 is 35.0 Å². The van der Waals surface area contributed by atoms with Crippen molar-refractivity contribution < 1.29 is 4.79 Å². The maximum atomic E-state index is 12.6. The molecular weight excluding hydrogens is 417 g/mol. The van der Waals surface area contributed by atoms with E-state index in [0.717, 1.165) is 5.56 Å². The number of halogens is 2. The van der Waals surface area contributed by atoms with E-state index < -0.39 is 5.25 Å². The molecule has 0 aliphatic carbocycles. The predicted molar refractivity (Wildman–Crippen MR) is 114 cm³/mol. The second-order valence-electron chi connectivity index (χ2n) is 5.81. The van der Waals surface area contributed by atoms with Gasteiger partial charge in [-0.2, -0.15) is 0 Å². The number of aromatic nitrogens is 4. The summed E-state index contributed by atoms with van der Waals surface area (Å²) in [5.41, 5.74) is 1.36. The lowest BCUT2D eigenvalue weighted by Crippen LogP contribution is -2.23. The minimum absolute atomic E-state index is 0.215. The largest absolute Gasteiger partial charge is 0.324 e. The number of pyridine rings is 1. The van der Waals surface area contributed by atoms with E-state index in [1.165, 1.54) is 11.8 Å². The Hall–Kier alpha value is -2.35. The molecule has 0 fully saturated rings. The van der Waals surface area contributed by atoms with Gasteiger partial charge in [0.05, 0.1) is 16.0 Å². The first-order valence-electron chi connectivity index (χ1n) is 8.36. The molecule has 1 N–H and O–H groups in total. The van der Waals surface area contributed by atoms with Crippen molar-refractivity contribution >= 4 is 46.6 Å². The van der Waals surface area contributed by atoms with E-state index in [9.17, 15) is 4.79 Å². The number of allylic oxidation sites excluding steroid dienone is 1. The maximum absolute atomic E-state index is 12.6. The van der Waals surface area contributed by atoms with E-state index in [1.54, 1.807) is 43.6 Å². The van der Waals surface area contributed by atoms with Gasteiger partial charge in [-0.1, -0.05) is 41.0 Å². The highest BCUT2D eigenvalue weighted by Crippen LogP contribution is 2.29. The molecule has 3 rings (SSSR count). The number of hydrogen-bond donors (Lipinski definition) is 1. The van der Waals surface area contributed by atoms with Crippen LogP contribution in [0.3, 0.4) is 0 Å². The number of benzene rings is 1. The maximum Gasteiger partial charge on any atom is 0.237 e. The van der Waals surface area contributed by atoms with Crippen molar-refractivity contribution in [3.8, 4) is 11.4 Å². The first kappa shape index (κ1) is 20.4. The first-order valence-corrected chi connectivity index (χ1v) is 10.00. The number of carbonyl (C=O) groups excluding carboxylic acids is 1. The molecule has 3 aromatic rings. The molecule has 2 aromatic heterocycles. The van der Waals surface area contributed by atoms with Crippen LogP contribution in [0.15, 0.2) is 60.5 Å². The Morgan fingerprint density at radius 2 is 2.04 bits per heavy atom. The van der Waals surface area contributed by atoms with Crippen LogP contribution < -0.4 is 5.32 Å². The van der Waals surface area contributed by atoms with E-state index in [0.29, 0.717) is 33.3 Å². The summed E-state index contributed by atoms with van der Waals surface area (Å²) in [5.74, 6) is 0.475. The van der Waals surface area contributed by atoms with E-state index in [4.69, 9.17) is 23.2 Å². The fraction of sp³-hybridized carbons (Fsp3) is 0.158. The van der Waals surface area contributed by atoms with Gasteiger partial charge in [0, 0.05) is 29.5 Å². The van der Waals surface area contributed by atoms with Crippen molar-refractivity contribution in [3.05, 3.63) is 65.4 Å². The van der Waals surface area contributed by atoms with Crippen LogP contribution in [-0.2, 0) is 11.3 Å². The quantitative estimate of drug-likeness (QED) is 0.421. The van der Waals surface area contributed by atoms with Gasteiger partial charge in [-0.3, -0.25) is 14.3 Å². The average Bonchev–Trinajstić information content (AvgIpc) is 3.08. The van der Waals surface area contributed by atoms with E-state index in [2.05, 4.69) is 27.1 Å². The fourth-order valence-corrected chi connectivity index (χ4v) is 3.62. The minimum atomic E-state index is -0.437. The van der Waals surface area contributed by atoms with Gasteiger partial charge in [0.2, 0.25) is 5.91 Å². The number of rotatable bonds is 7. The second-order valence-corrected chi connectivity index (χ2v) is 7.97. The molecule has 144 valence electrons. The predicted octanol–water partition coefficient (Wildman–Crippen LogP) is 4.95. The molecule has 0 spiro atoms. The third-order valence-corrected chi connectivity index (χ3v) is 5.45. The Morgan fingerprint density at radius 1 is 1.29 bits per heavy atom. The number of thioether (sulfide) groups is 1. The lowest BCUT2D eigenvalue weighted by atomic mass is 10.2. The third-order valence-electron chi connectivity index (χ3n) is 3.80. The van der Waals surface area contributed by atoms with E-state index in [1.807, 2.05) is 16.7 Å². The molecule has 0 aliphatic heterocycles. The number of nitrogens with one attached hydrogen (secondary N) is 1. The average molecular weight is 434 g/mol. The molecule has 9 heteroatoms. The number of amides is 1. The molecule has 1 unspecified atom stereocenters. The van der Waals surface area contributed by atoms with Gasteiger partial charge in [0.1, 0.15) is 0 Å². The summed E-state index contributed by atoms with van der Waals surface area (Å²) >= 11 is 13.4. The van der Waals surface area contributed by atoms with Crippen LogP contribution in [0.1, 0.15) is 6.92 Å². The van der Waals surface area contributed by atoms with Crippen LogP contribution in [0.5, 0.6) is 0 Å². The summed E-state index contributed by atoms with van der Waals surface area (Å²) in [4.78, 5) is 16.6. The highest BCUT2D eigenvalue weighted by molar-refractivity contribution is 8.00. The zero-order valence-corrected chi connectivity index (χ0v) is 17.3. The summed E-state index contributed by atoms with van der Waals surface area (Å²) in [7, 11) is 0. The van der Waals surface area contributed by atoms with Gasteiger partial charge in [-0.15, -0.1) is 16.8 Å². The highest BCUT2D eigenvalue weighted by Gasteiger charge is 2.21. The van der Waals surface area contributed by atoms with Gasteiger partial charge in [-0.05, 0) is 37.3 Å². The molecule has 1 amide bonds. The Kier molecular flexibility index (Phi) is 6.72. The lowest BCUT2D eigenvalue weighted by molar-refractivity contribution is -0.115. The summed E-state index contributed by atoms with van der Waals surface area (Å²) in [5, 5.41) is 12.4. The van der Waals surface area contributed by atoms with Gasteiger partial charge in [0.15, 0.2) is 11.0 Å². The van der Waals surface area contributed by atoms with Crippen LogP contribution in [0.25, 0.3) is 11.4 Å². The van der Waals surface area contributed by atoms with Crippen molar-refractivity contribution in [1.29, 1.82) is 0 Å². The van der Waals surface area contributed by atoms with Gasteiger partial charge >= 0.3 is 0 Å². The second kappa shape index (κ2) is 9.23. The van der Waals surface area contributed by atoms with E-state index >= 15 is 0 Å². The molecule has 0 saturated carbocycles. The van der Waals surface area contributed by atoms with Crippen molar-refractivity contribution in [2.24, 2.45) is 0 Å². The zero-order chi connectivity index (χ0) is 20.1. The standard InChI is InChI=1S/C19H17Cl2N5OS/c1-3-10-26-17(13-6-8-22-9-7-13)24-25-19(26)28-12(2)18(27)23-16-11-14(20)4-5-15(16)21/h3-9,11-12H,1,10H2,2H3,(H,23,27). The van der Waals surface area contributed by atoms with Crippen LogP contribution in [0, 0.1) is 0 Å². The highest BCUT2D eigenvalue weighted by atomic mass is 35.5. The lowest BCUT2D eigenvalue weighted by Gasteiger charge is -2.14. The number of nitrogens with zero attached hydrogens (tertiary/aromatic N) is 4. The third kappa shape index (κ3) is 4.73. The van der Waals surface area contributed by atoms with Crippen LogP contribution in [-0.4, -0.2) is 30.9 Å². The fourth-order valence-electron chi connectivity index (χ4n) is 2.42. The number of carbonyl (C=O) groups is 1. The van der Waals surface area contributed by atoms with Gasteiger partial charge in [0.25, 0.3) is 0 Å². The van der Waals surface area contributed by atoms with Crippen molar-refractivity contribution in [2.45, 2.75) is 23.9 Å². The summed E-state index contributed by atoms with van der Waals surface area (Å²) in [6.07, 6.45) is 5.15. The SMILES string of the molecule is C=CCn1c(SC(C)C(=O)Nc2cc(Cl)ccc2Cl)nnc1-c1ccncc1. The number of hydrogen-bond acceptors (Lipinski definition) is 5. The molecule has 1 aromatic carbocycles. The molecule has 0 radical (unpaired) electrons. The van der Waals surface area contributed by atoms with Crippen LogP contribution in [0.2, 0.25) is 10.0 Å². The van der Waals surface area contributed by atoms with E-state index in [-0.39, 0.29) is 5.91 Å². The van der Waals surface area contributed by atoms with Gasteiger partial charge in [-0.25, -0.2) is 0 Å². The van der Waals surface area contributed by atoms with Crippen molar-refractivity contribution in [3.63, 3.8) is 0 Å². The van der Waals surface area contributed by atoms with Gasteiger partial charge < -0.3 is 5.32 Å². The molecule has 1 atom stereocenters. The normalized spacial score (nSPS) is 11.8. The minimum Gasteiger partial charge on any atom is -0.324 e. The summed E-state index contributed by atoms with van der Waals surface area (Å²) < 4.78 is 1.91. The molecule has 0 saturated heterocycles.